The number of aryl methyl sites for hydroxylation is 3. The van der Waals surface area contributed by atoms with Gasteiger partial charge in [0.15, 0.2) is 0 Å². The standard InChI is InChI=1S/C17H28ClN/c1-5-9-19-10-8-13(2)6-7-16-11-15(4)17(18)12-14(16)3/h11-13,19H,5-10H2,1-4H3. The van der Waals surface area contributed by atoms with E-state index >= 15 is 0 Å². The molecule has 1 N–H and O–H groups in total. The van der Waals surface area contributed by atoms with Gasteiger partial charge in [0.2, 0.25) is 0 Å². The summed E-state index contributed by atoms with van der Waals surface area (Å²) >= 11 is 6.14. The van der Waals surface area contributed by atoms with Crippen molar-refractivity contribution in [2.75, 3.05) is 13.1 Å². The van der Waals surface area contributed by atoms with Crippen molar-refractivity contribution in [3.05, 3.63) is 33.8 Å². The van der Waals surface area contributed by atoms with Gasteiger partial charge in [-0.05, 0) is 81.3 Å². The Balaban J connectivity index is 2.37. The summed E-state index contributed by atoms with van der Waals surface area (Å²) in [6.07, 6.45) is 4.91. The van der Waals surface area contributed by atoms with Crippen molar-refractivity contribution in [2.24, 2.45) is 5.92 Å². The molecule has 0 heterocycles. The zero-order valence-corrected chi connectivity index (χ0v) is 13.6. The van der Waals surface area contributed by atoms with Gasteiger partial charge in [-0.2, -0.15) is 0 Å². The zero-order valence-electron chi connectivity index (χ0n) is 12.9. The van der Waals surface area contributed by atoms with Crippen LogP contribution in [0.1, 0.15) is 49.8 Å². The van der Waals surface area contributed by atoms with Crippen LogP contribution in [0.25, 0.3) is 0 Å². The van der Waals surface area contributed by atoms with Gasteiger partial charge in [-0.15, -0.1) is 0 Å². The highest BCUT2D eigenvalue weighted by Crippen LogP contribution is 2.22. The maximum absolute atomic E-state index is 6.14. The van der Waals surface area contributed by atoms with Crippen molar-refractivity contribution in [3.8, 4) is 0 Å². The molecule has 0 bridgehead atoms. The Hall–Kier alpha value is -0.530. The van der Waals surface area contributed by atoms with Crippen LogP contribution in [0.3, 0.4) is 0 Å². The lowest BCUT2D eigenvalue weighted by molar-refractivity contribution is 0.470. The molecule has 1 aromatic carbocycles. The number of rotatable bonds is 8. The molecule has 1 unspecified atom stereocenters. The third-order valence-electron chi connectivity index (χ3n) is 3.76. The third kappa shape index (κ3) is 5.97. The van der Waals surface area contributed by atoms with Crippen LogP contribution >= 0.6 is 11.6 Å². The van der Waals surface area contributed by atoms with Crippen molar-refractivity contribution >= 4 is 11.6 Å². The largest absolute Gasteiger partial charge is 0.317 e. The first kappa shape index (κ1) is 16.5. The topological polar surface area (TPSA) is 12.0 Å². The van der Waals surface area contributed by atoms with Gasteiger partial charge < -0.3 is 5.32 Å². The third-order valence-corrected chi connectivity index (χ3v) is 4.17. The summed E-state index contributed by atoms with van der Waals surface area (Å²) in [5, 5.41) is 4.36. The molecule has 19 heavy (non-hydrogen) atoms. The highest BCUT2D eigenvalue weighted by molar-refractivity contribution is 6.31. The Labute approximate surface area is 123 Å². The lowest BCUT2D eigenvalue weighted by Crippen LogP contribution is -2.18. The minimum Gasteiger partial charge on any atom is -0.317 e. The van der Waals surface area contributed by atoms with Gasteiger partial charge in [0.1, 0.15) is 0 Å². The molecule has 0 saturated heterocycles. The lowest BCUT2D eigenvalue weighted by Gasteiger charge is -2.14. The Morgan fingerprint density at radius 3 is 2.53 bits per heavy atom. The van der Waals surface area contributed by atoms with E-state index in [1.54, 1.807) is 0 Å². The summed E-state index contributed by atoms with van der Waals surface area (Å²) < 4.78 is 0. The van der Waals surface area contributed by atoms with Crippen molar-refractivity contribution in [1.82, 2.24) is 5.32 Å². The van der Waals surface area contributed by atoms with E-state index in [9.17, 15) is 0 Å². The molecule has 2 heteroatoms. The van der Waals surface area contributed by atoms with Crippen LogP contribution in [0.15, 0.2) is 12.1 Å². The molecular weight excluding hydrogens is 254 g/mol. The fraction of sp³-hybridized carbons (Fsp3) is 0.647. The maximum Gasteiger partial charge on any atom is 0.0438 e. The van der Waals surface area contributed by atoms with Crippen molar-refractivity contribution in [3.63, 3.8) is 0 Å². The molecule has 1 nitrogen and oxygen atoms in total. The average Bonchev–Trinajstić information content (AvgIpc) is 2.37. The van der Waals surface area contributed by atoms with E-state index in [2.05, 4.69) is 45.1 Å². The molecule has 0 radical (unpaired) electrons. The van der Waals surface area contributed by atoms with Gasteiger partial charge in [0.25, 0.3) is 0 Å². The highest BCUT2D eigenvalue weighted by Gasteiger charge is 2.06. The molecule has 1 aromatic rings. The number of nitrogens with one attached hydrogen (secondary N) is 1. The molecule has 1 rings (SSSR count). The molecule has 0 aromatic heterocycles. The molecule has 108 valence electrons. The van der Waals surface area contributed by atoms with E-state index in [1.165, 1.54) is 42.4 Å². The predicted molar refractivity (Wildman–Crippen MR) is 86.2 cm³/mol. The van der Waals surface area contributed by atoms with E-state index in [0.717, 1.165) is 24.0 Å². The highest BCUT2D eigenvalue weighted by atomic mass is 35.5. The van der Waals surface area contributed by atoms with Crippen LogP contribution in [-0.4, -0.2) is 13.1 Å². The van der Waals surface area contributed by atoms with Crippen LogP contribution < -0.4 is 5.32 Å². The van der Waals surface area contributed by atoms with E-state index in [4.69, 9.17) is 11.6 Å². The molecule has 0 spiro atoms. The SMILES string of the molecule is CCCNCCC(C)CCc1cc(C)c(Cl)cc1C. The number of halogens is 1. The fourth-order valence-electron chi connectivity index (χ4n) is 2.31. The Morgan fingerprint density at radius 2 is 1.84 bits per heavy atom. The summed E-state index contributed by atoms with van der Waals surface area (Å²) in [5.74, 6) is 0.778. The second-order valence-electron chi connectivity index (χ2n) is 5.71. The molecule has 0 saturated carbocycles. The van der Waals surface area contributed by atoms with Crippen LogP contribution in [0.4, 0.5) is 0 Å². The van der Waals surface area contributed by atoms with Crippen LogP contribution in [-0.2, 0) is 6.42 Å². The van der Waals surface area contributed by atoms with Gasteiger partial charge in [-0.3, -0.25) is 0 Å². The smallest absolute Gasteiger partial charge is 0.0438 e. The molecule has 0 amide bonds. The number of benzene rings is 1. The van der Waals surface area contributed by atoms with Crippen LogP contribution in [0.5, 0.6) is 0 Å². The van der Waals surface area contributed by atoms with Gasteiger partial charge in [-0.1, -0.05) is 31.5 Å². The molecule has 1 atom stereocenters. The van der Waals surface area contributed by atoms with Crippen molar-refractivity contribution in [1.29, 1.82) is 0 Å². The molecule has 0 fully saturated rings. The first-order valence-electron chi connectivity index (χ1n) is 7.51. The van der Waals surface area contributed by atoms with Crippen LogP contribution in [0.2, 0.25) is 5.02 Å². The van der Waals surface area contributed by atoms with Gasteiger partial charge in [0.05, 0.1) is 0 Å². The number of hydrogen-bond donors (Lipinski definition) is 1. The quantitative estimate of drug-likeness (QED) is 0.667. The summed E-state index contributed by atoms with van der Waals surface area (Å²) in [7, 11) is 0. The summed E-state index contributed by atoms with van der Waals surface area (Å²) in [6.45, 7) is 11.1. The van der Waals surface area contributed by atoms with Gasteiger partial charge in [0, 0.05) is 5.02 Å². The second kappa shape index (κ2) is 8.60. The monoisotopic (exact) mass is 281 g/mol. The Kier molecular flexibility index (Phi) is 7.48. The summed E-state index contributed by atoms with van der Waals surface area (Å²) in [6, 6.07) is 4.35. The average molecular weight is 282 g/mol. The summed E-state index contributed by atoms with van der Waals surface area (Å²) in [5.41, 5.74) is 3.97. The van der Waals surface area contributed by atoms with E-state index < -0.39 is 0 Å². The predicted octanol–water partition coefficient (Wildman–Crippen LogP) is 4.92. The molecule has 0 aliphatic heterocycles. The maximum atomic E-state index is 6.14. The number of hydrogen-bond acceptors (Lipinski definition) is 1. The van der Waals surface area contributed by atoms with E-state index in [-0.39, 0.29) is 0 Å². The summed E-state index contributed by atoms with van der Waals surface area (Å²) in [4.78, 5) is 0. The Bertz CT molecular complexity index is 387. The lowest BCUT2D eigenvalue weighted by atomic mass is 9.95. The second-order valence-corrected chi connectivity index (χ2v) is 6.12. The molecule has 0 aliphatic carbocycles. The van der Waals surface area contributed by atoms with Crippen molar-refractivity contribution in [2.45, 2.75) is 53.4 Å². The van der Waals surface area contributed by atoms with Gasteiger partial charge >= 0.3 is 0 Å². The zero-order chi connectivity index (χ0) is 14.3. The molecule has 0 aliphatic rings. The van der Waals surface area contributed by atoms with Crippen molar-refractivity contribution < 1.29 is 0 Å². The Morgan fingerprint density at radius 1 is 1.11 bits per heavy atom. The first-order chi connectivity index (χ1) is 9.04. The van der Waals surface area contributed by atoms with Gasteiger partial charge in [-0.25, -0.2) is 0 Å². The fourth-order valence-corrected chi connectivity index (χ4v) is 2.52. The first-order valence-corrected chi connectivity index (χ1v) is 7.88. The normalized spacial score (nSPS) is 12.7. The van der Waals surface area contributed by atoms with E-state index in [0.29, 0.717) is 0 Å². The molecular formula is C17H28ClN. The minimum absolute atomic E-state index is 0.778. The minimum atomic E-state index is 0.778. The van der Waals surface area contributed by atoms with Crippen LogP contribution in [0, 0.1) is 19.8 Å². The van der Waals surface area contributed by atoms with E-state index in [1.807, 2.05) is 0 Å².